The molecule has 3 aliphatic heterocycles. The number of nitrogens with zero attached hydrogens (tertiary/aromatic N) is 12. The Hall–Kier alpha value is -11.7. The summed E-state index contributed by atoms with van der Waals surface area (Å²) in [5, 5.41) is 60.4. The zero-order chi connectivity index (χ0) is 102. The van der Waals surface area contributed by atoms with Gasteiger partial charge in [-0.25, -0.2) is 33.7 Å². The summed E-state index contributed by atoms with van der Waals surface area (Å²) in [4.78, 5) is 34.2. The molecule has 15 rings (SSSR count). The van der Waals surface area contributed by atoms with E-state index in [1.807, 2.05) is 92.6 Å². The number of likely N-dealkylation sites (tertiary alicyclic amines) is 3. The molecule has 9 heterocycles. The first-order valence-corrected chi connectivity index (χ1v) is 53.5. The van der Waals surface area contributed by atoms with Gasteiger partial charge in [-0.05, 0) is 313 Å². The first-order valence-electron chi connectivity index (χ1n) is 46.8. The molecule has 11 N–H and O–H groups in total. The van der Waals surface area contributed by atoms with Crippen molar-refractivity contribution >= 4 is 142 Å². The number of aliphatic hydroxyl groups excluding tert-OH is 2. The van der Waals surface area contributed by atoms with Gasteiger partial charge in [0, 0.05) is 43.0 Å². The minimum atomic E-state index is -4.64. The summed E-state index contributed by atoms with van der Waals surface area (Å²) in [6, 6.07) is 32.0. The van der Waals surface area contributed by atoms with Crippen molar-refractivity contribution < 1.29 is 84.4 Å². The van der Waals surface area contributed by atoms with Crippen molar-refractivity contribution in [2.45, 2.75) is 234 Å². The van der Waals surface area contributed by atoms with Crippen LogP contribution in [0.4, 0.5) is 95.8 Å². The standard InChI is InChI=1S/2C33H42F3N7O4S.C31H41N7O5S2/c2*1-18(2)47-26-16-23(22-11-13-43(14-12-22)17-28(44)33(34,35)36)20(5)15-25(26)38-32-39-30(29-21(6)41-42-31(29)40-32)37-24-9-7-8-10-27(24)48(45,46)19(3)4;1-19(2)45(41,42)27-10-8-7-9-24(27)32-29-28-21(4)36-37-30(28)35-31(34-29)33-25-17-20(3)23(18-26(25)43-5)22-11-13-38(14-12-22)15-16-44(6,39)40/h2*7-10,15-16,18-19,22,28,44H,11-14,17H2,1-6H3,(H3,37,38,39,40,41,42);7-10,17-19,22H,11-16H2,1-6H3,(H3,32,33,34,35,36,37)/t2*28-;/m10./s1. The number of ether oxygens (including phenoxy) is 3. The number of fused-ring (bicyclic) bond motifs is 3. The minimum absolute atomic E-state index is 0.102. The van der Waals surface area contributed by atoms with Crippen molar-refractivity contribution in [3.05, 3.63) is 160 Å². The molecule has 0 bridgehead atoms. The van der Waals surface area contributed by atoms with Crippen molar-refractivity contribution in [3.8, 4) is 17.2 Å². The molecular weight excluding hydrogens is 1910 g/mol. The Bertz CT molecular complexity index is 6690. The van der Waals surface area contributed by atoms with Gasteiger partial charge in [0.25, 0.3) is 0 Å². The smallest absolute Gasteiger partial charge is 0.415 e. The molecule has 44 heteroatoms. The summed E-state index contributed by atoms with van der Waals surface area (Å²) in [7, 11) is -12.1. The van der Waals surface area contributed by atoms with Gasteiger partial charge >= 0.3 is 12.4 Å². The monoisotopic (exact) mass is 2030 g/mol. The summed E-state index contributed by atoms with van der Waals surface area (Å²) in [6.45, 7) is 32.1. The lowest BCUT2D eigenvalue weighted by molar-refractivity contribution is -0.209. The molecule has 0 saturated carbocycles. The number of piperidine rings is 3. The van der Waals surface area contributed by atoms with Gasteiger partial charge in [0.05, 0.1) is 106 Å². The van der Waals surface area contributed by atoms with Gasteiger partial charge in [-0.2, -0.15) is 71.5 Å². The van der Waals surface area contributed by atoms with Crippen LogP contribution >= 0.6 is 0 Å². The molecule has 762 valence electrons. The van der Waals surface area contributed by atoms with Crippen LogP contribution in [0.1, 0.15) is 176 Å². The highest BCUT2D eigenvalue weighted by Crippen LogP contribution is 2.45. The molecule has 0 spiro atoms. The number of β-amino-alcohol motifs (C(OH)–C–C–N with tert-alkyl or cyclic N) is 2. The zero-order valence-electron chi connectivity index (χ0n) is 82.1. The fraction of sp³-hybridized carbons (Fsp3) is 0.474. The number of aryl methyl sites for hydroxylation is 6. The maximum absolute atomic E-state index is 13.2. The summed E-state index contributed by atoms with van der Waals surface area (Å²) in [6.07, 6.45) is -8.64. The largest absolute Gasteiger partial charge is 0.495 e. The molecule has 141 heavy (non-hydrogen) atoms. The van der Waals surface area contributed by atoms with E-state index in [1.165, 1.54) is 11.8 Å². The van der Waals surface area contributed by atoms with Crippen LogP contribution in [-0.2, 0) is 39.3 Å². The van der Waals surface area contributed by atoms with E-state index in [1.54, 1.807) is 131 Å². The summed E-state index contributed by atoms with van der Waals surface area (Å²) < 4.78 is 198. The third-order valence-corrected chi connectivity index (χ3v) is 32.8. The number of nitrogens with one attached hydrogen (secondary N) is 9. The maximum atomic E-state index is 13.2. The predicted molar refractivity (Wildman–Crippen MR) is 536 cm³/mol. The third-order valence-electron chi connectivity index (χ3n) is 25.3. The molecule has 3 fully saturated rings. The Morgan fingerprint density at radius 1 is 0.397 bits per heavy atom. The summed E-state index contributed by atoms with van der Waals surface area (Å²) in [5.41, 5.74) is 12.7. The molecule has 0 aliphatic carbocycles. The quantitative estimate of drug-likeness (QED) is 0.0170. The number of sulfone groups is 4. The van der Waals surface area contributed by atoms with Gasteiger partial charge in [-0.15, -0.1) is 0 Å². The average molecular weight is 2040 g/mol. The molecule has 2 atom stereocenters. The summed E-state index contributed by atoms with van der Waals surface area (Å²) >= 11 is 0. The van der Waals surface area contributed by atoms with Crippen LogP contribution in [0.2, 0.25) is 0 Å². The number of aromatic nitrogens is 12. The van der Waals surface area contributed by atoms with Gasteiger partial charge in [0.15, 0.2) is 58.7 Å². The fourth-order valence-corrected chi connectivity index (χ4v) is 21.7. The Morgan fingerprint density at radius 3 is 0.943 bits per heavy atom. The Kier molecular flexibility index (Phi) is 33.3. The lowest BCUT2D eigenvalue weighted by atomic mass is 9.86. The molecule has 12 aromatic rings. The number of alkyl halides is 6. The Balaban J connectivity index is 0.000000178. The Labute approximate surface area is 817 Å². The second kappa shape index (κ2) is 44.1. The van der Waals surface area contributed by atoms with Gasteiger partial charge in [0.1, 0.15) is 44.5 Å². The highest BCUT2D eigenvalue weighted by atomic mass is 32.2. The fourth-order valence-electron chi connectivity index (χ4n) is 17.5. The van der Waals surface area contributed by atoms with Crippen molar-refractivity contribution in [1.82, 2.24) is 75.2 Å². The lowest BCUT2D eigenvalue weighted by Crippen LogP contribution is -2.44. The predicted octanol–water partition coefficient (Wildman–Crippen LogP) is 17.9. The van der Waals surface area contributed by atoms with E-state index in [9.17, 15) is 70.2 Å². The third kappa shape index (κ3) is 25.7. The van der Waals surface area contributed by atoms with Crippen LogP contribution in [0, 0.1) is 41.5 Å². The maximum Gasteiger partial charge on any atom is 0.415 e. The van der Waals surface area contributed by atoms with Gasteiger partial charge in [-0.3, -0.25) is 15.3 Å². The number of rotatable bonds is 33. The number of anilines is 12. The van der Waals surface area contributed by atoms with Crippen LogP contribution in [0.25, 0.3) is 33.1 Å². The molecule has 6 aromatic carbocycles. The second-order valence-corrected chi connectivity index (χ2v) is 47.2. The van der Waals surface area contributed by atoms with Gasteiger partial charge in [-0.1, -0.05) is 36.4 Å². The highest BCUT2D eigenvalue weighted by molar-refractivity contribution is 7.92. The van der Waals surface area contributed by atoms with E-state index < -0.39 is 92.7 Å². The Morgan fingerprint density at radius 2 is 0.674 bits per heavy atom. The molecule has 0 radical (unpaired) electrons. The topological polar surface area (TPSA) is 450 Å². The molecule has 6 aromatic heterocycles. The first kappa shape index (κ1) is 107. The number of hydrogen-bond acceptors (Lipinski definition) is 31. The molecule has 0 unspecified atom stereocenters. The van der Waals surface area contributed by atoms with E-state index in [2.05, 4.69) is 95.3 Å². The van der Waals surface area contributed by atoms with Crippen LogP contribution in [0.5, 0.6) is 17.2 Å². The zero-order valence-corrected chi connectivity index (χ0v) is 85.4. The van der Waals surface area contributed by atoms with Crippen LogP contribution in [-0.4, -0.2) is 250 Å². The van der Waals surface area contributed by atoms with Crippen molar-refractivity contribution in [2.75, 3.05) is 110 Å². The molecule has 3 saturated heterocycles. The van der Waals surface area contributed by atoms with E-state index in [0.717, 1.165) is 59.4 Å². The van der Waals surface area contributed by atoms with Crippen LogP contribution < -0.4 is 46.1 Å². The number of benzene rings is 6. The molecule has 3 aliphatic rings. The first-order chi connectivity index (χ1) is 66.3. The van der Waals surface area contributed by atoms with Crippen molar-refractivity contribution in [3.63, 3.8) is 0 Å². The summed E-state index contributed by atoms with van der Waals surface area (Å²) in [5.74, 6) is 4.30. The SMILES string of the molecule is COc1cc(C2CCN(CCS(C)(=O)=O)CC2)c(C)cc1Nc1nc(Nc2ccccc2S(=O)(=O)C(C)C)c2c(C)[nH]nc2n1.Cc1cc(Nc2nc(Nc3ccccc3S(=O)(=O)C(C)C)c3c(C)[nH]nc3n2)c(OC(C)C)cc1C1CCN(C[C@@H](O)C(F)(F)F)CC1.Cc1cc(Nc2nc(Nc3ccccc3S(=O)(=O)C(C)C)c3c(C)[nH]nc3n2)c(OC(C)C)cc1C1CCN(C[C@H](O)C(F)(F)F)CC1. The number of para-hydroxylation sites is 3. The van der Waals surface area contributed by atoms with E-state index in [-0.39, 0.29) is 62.3 Å². The van der Waals surface area contributed by atoms with Crippen molar-refractivity contribution in [1.29, 1.82) is 0 Å². The number of H-pyrrole nitrogens is 3. The number of methoxy groups -OCH3 is 1. The molecular formula is C97H125F6N21O13S4. The van der Waals surface area contributed by atoms with E-state index >= 15 is 0 Å². The van der Waals surface area contributed by atoms with Crippen molar-refractivity contribution in [2.24, 2.45) is 0 Å². The molecule has 34 nitrogen and oxygen atoms in total. The normalized spacial score (nSPS) is 15.5. The van der Waals surface area contributed by atoms with Crippen LogP contribution in [0.15, 0.2) is 124 Å². The number of aromatic amines is 3. The van der Waals surface area contributed by atoms with Crippen LogP contribution in [0.3, 0.4) is 0 Å². The number of hydrogen-bond donors (Lipinski definition) is 11. The second-order valence-electron chi connectivity index (χ2n) is 37.5. The highest BCUT2D eigenvalue weighted by Gasteiger charge is 2.42. The van der Waals surface area contributed by atoms with E-state index in [4.69, 9.17) is 29.2 Å². The minimum Gasteiger partial charge on any atom is -0.495 e. The van der Waals surface area contributed by atoms with Gasteiger partial charge < -0.3 is 71.0 Å². The average Bonchev–Trinajstić information content (AvgIpc) is 1.70. The van der Waals surface area contributed by atoms with Gasteiger partial charge in [0.2, 0.25) is 17.8 Å². The molecule has 0 amide bonds. The number of aliphatic hydroxyl groups is 2. The van der Waals surface area contributed by atoms with E-state index in [0.29, 0.717) is 178 Å². The number of halogens is 6. The lowest BCUT2D eigenvalue weighted by Gasteiger charge is -2.34.